The number of methoxy groups -OCH3 is 1. The number of hydrogen-bond acceptors (Lipinski definition) is 5. The number of likely N-dealkylation sites (tertiary alicyclic amines) is 1. The minimum atomic E-state index is -0.191. The van der Waals surface area contributed by atoms with E-state index in [1.807, 2.05) is 24.3 Å². The first-order chi connectivity index (χ1) is 11.3. The highest BCUT2D eigenvalue weighted by Gasteiger charge is 2.34. The lowest BCUT2D eigenvalue weighted by Gasteiger charge is -2.37. The summed E-state index contributed by atoms with van der Waals surface area (Å²) in [6.07, 6.45) is 3.09. The van der Waals surface area contributed by atoms with Gasteiger partial charge in [-0.25, -0.2) is 0 Å². The van der Waals surface area contributed by atoms with Crippen LogP contribution in [0.4, 0.5) is 5.69 Å². The molecule has 0 saturated carbocycles. The highest BCUT2D eigenvalue weighted by Crippen LogP contribution is 2.24. The Bertz CT molecular complexity index is 514. The van der Waals surface area contributed by atoms with E-state index >= 15 is 0 Å². The number of nitrogens with one attached hydrogen (secondary N) is 1. The molecule has 2 aliphatic heterocycles. The fourth-order valence-electron chi connectivity index (χ4n) is 3.18. The Balaban J connectivity index is 1.56. The fraction of sp³-hybridized carbons (Fsp3) is 0.588. The normalized spacial score (nSPS) is 22.9. The van der Waals surface area contributed by atoms with Crippen molar-refractivity contribution in [1.82, 2.24) is 4.90 Å². The molecule has 2 aliphatic rings. The lowest BCUT2D eigenvalue weighted by molar-refractivity contribution is -0.127. The number of hydrogen-bond donors (Lipinski definition) is 1. The Hall–Kier alpha value is -1.63. The summed E-state index contributed by atoms with van der Waals surface area (Å²) in [4.78, 5) is 14.5. The van der Waals surface area contributed by atoms with Crippen LogP contribution in [0.2, 0.25) is 0 Å². The van der Waals surface area contributed by atoms with Gasteiger partial charge in [0.1, 0.15) is 5.75 Å². The molecule has 0 aromatic heterocycles. The van der Waals surface area contributed by atoms with Crippen LogP contribution in [0.5, 0.6) is 5.75 Å². The van der Waals surface area contributed by atoms with E-state index in [1.54, 1.807) is 7.11 Å². The molecule has 2 heterocycles. The number of carbonyl (C=O) groups is 1. The molecule has 2 fully saturated rings. The van der Waals surface area contributed by atoms with Crippen LogP contribution in [0.3, 0.4) is 0 Å². The zero-order valence-electron chi connectivity index (χ0n) is 13.5. The topological polar surface area (TPSA) is 60.0 Å². The van der Waals surface area contributed by atoms with Crippen molar-refractivity contribution in [3.05, 3.63) is 24.3 Å². The van der Waals surface area contributed by atoms with Gasteiger partial charge in [0.2, 0.25) is 5.91 Å². The van der Waals surface area contributed by atoms with Crippen LogP contribution in [0.1, 0.15) is 19.3 Å². The van der Waals surface area contributed by atoms with E-state index in [9.17, 15) is 4.79 Å². The molecular weight excluding hydrogens is 296 g/mol. The lowest BCUT2D eigenvalue weighted by atomic mass is 10.0. The van der Waals surface area contributed by atoms with Gasteiger partial charge >= 0.3 is 0 Å². The second-order valence-electron chi connectivity index (χ2n) is 5.92. The van der Waals surface area contributed by atoms with Crippen LogP contribution in [0.25, 0.3) is 0 Å². The molecule has 0 aliphatic carbocycles. The minimum Gasteiger partial charge on any atom is -0.497 e. The van der Waals surface area contributed by atoms with Gasteiger partial charge in [-0.2, -0.15) is 0 Å². The molecule has 0 radical (unpaired) electrons. The molecule has 0 bridgehead atoms. The molecule has 23 heavy (non-hydrogen) atoms. The van der Waals surface area contributed by atoms with E-state index in [-0.39, 0.29) is 18.2 Å². The summed E-state index contributed by atoms with van der Waals surface area (Å²) in [5.41, 5.74) is 0.776. The number of rotatable bonds is 5. The Morgan fingerprint density at radius 1 is 1.26 bits per heavy atom. The molecular formula is C17H24N2O4. The fourth-order valence-corrected chi connectivity index (χ4v) is 3.18. The maximum atomic E-state index is 12.3. The van der Waals surface area contributed by atoms with E-state index in [0.29, 0.717) is 19.8 Å². The molecule has 126 valence electrons. The van der Waals surface area contributed by atoms with Gasteiger partial charge in [-0.3, -0.25) is 9.69 Å². The molecule has 1 amide bonds. The summed E-state index contributed by atoms with van der Waals surface area (Å²) in [5.74, 6) is 0.759. The quantitative estimate of drug-likeness (QED) is 0.897. The van der Waals surface area contributed by atoms with Gasteiger partial charge in [0.05, 0.1) is 32.9 Å². The van der Waals surface area contributed by atoms with E-state index in [4.69, 9.17) is 14.2 Å². The van der Waals surface area contributed by atoms with Crippen LogP contribution < -0.4 is 10.1 Å². The maximum Gasteiger partial charge on any atom is 0.238 e. The number of nitrogens with zero attached hydrogens (tertiary/aromatic N) is 1. The molecule has 1 atom stereocenters. The molecule has 3 rings (SSSR count). The third-order valence-corrected chi connectivity index (χ3v) is 4.35. The van der Waals surface area contributed by atoms with E-state index in [1.165, 1.54) is 0 Å². The van der Waals surface area contributed by atoms with Crippen LogP contribution in [-0.2, 0) is 14.3 Å². The third-order valence-electron chi connectivity index (χ3n) is 4.35. The second kappa shape index (κ2) is 7.77. The first-order valence-electron chi connectivity index (χ1n) is 8.17. The summed E-state index contributed by atoms with van der Waals surface area (Å²) < 4.78 is 16.4. The monoisotopic (exact) mass is 320 g/mol. The van der Waals surface area contributed by atoms with E-state index in [0.717, 1.165) is 37.2 Å². The highest BCUT2D eigenvalue weighted by molar-refractivity contribution is 5.92. The Kier molecular flexibility index (Phi) is 5.48. The van der Waals surface area contributed by atoms with Crippen LogP contribution in [-0.4, -0.2) is 56.6 Å². The first-order valence-corrected chi connectivity index (χ1v) is 8.17. The standard InChI is InChI=1S/C17H24N2O4/c1-21-14-7-5-13(6-8-14)18-16(20)12-19-9-3-2-4-15(19)17-22-10-11-23-17/h5-8,15,17H,2-4,9-12H2,1H3,(H,18,20)/t15-/m0/s1. The summed E-state index contributed by atoms with van der Waals surface area (Å²) >= 11 is 0. The van der Waals surface area contributed by atoms with Crippen molar-refractivity contribution in [3.8, 4) is 5.75 Å². The molecule has 0 spiro atoms. The smallest absolute Gasteiger partial charge is 0.238 e. The number of ether oxygens (including phenoxy) is 3. The second-order valence-corrected chi connectivity index (χ2v) is 5.92. The summed E-state index contributed by atoms with van der Waals surface area (Å²) in [7, 11) is 1.62. The zero-order valence-corrected chi connectivity index (χ0v) is 13.5. The highest BCUT2D eigenvalue weighted by atomic mass is 16.7. The molecule has 6 heteroatoms. The number of amides is 1. The lowest BCUT2D eigenvalue weighted by Crippen LogP contribution is -2.50. The van der Waals surface area contributed by atoms with Gasteiger partial charge in [0, 0.05) is 5.69 Å². The van der Waals surface area contributed by atoms with Gasteiger partial charge in [0.25, 0.3) is 0 Å². The van der Waals surface area contributed by atoms with Crippen LogP contribution in [0.15, 0.2) is 24.3 Å². The van der Waals surface area contributed by atoms with E-state index < -0.39 is 0 Å². The summed E-state index contributed by atoms with van der Waals surface area (Å²) in [6, 6.07) is 7.52. The first kappa shape index (κ1) is 16.2. The number of anilines is 1. The third kappa shape index (κ3) is 4.22. The summed E-state index contributed by atoms with van der Waals surface area (Å²) in [5, 5.41) is 2.93. The summed E-state index contributed by atoms with van der Waals surface area (Å²) in [6.45, 7) is 2.56. The Morgan fingerprint density at radius 2 is 2.00 bits per heavy atom. The molecule has 6 nitrogen and oxygen atoms in total. The largest absolute Gasteiger partial charge is 0.497 e. The Labute approximate surface area is 136 Å². The number of benzene rings is 1. The van der Waals surface area contributed by atoms with Gasteiger partial charge in [-0.1, -0.05) is 6.42 Å². The van der Waals surface area contributed by atoms with E-state index in [2.05, 4.69) is 10.2 Å². The van der Waals surface area contributed by atoms with Crippen molar-refractivity contribution in [2.24, 2.45) is 0 Å². The zero-order chi connectivity index (χ0) is 16.1. The van der Waals surface area contributed by atoms with Crippen molar-refractivity contribution in [2.75, 3.05) is 38.7 Å². The predicted molar refractivity (Wildman–Crippen MR) is 86.5 cm³/mol. The number of piperidine rings is 1. The van der Waals surface area contributed by atoms with Gasteiger partial charge in [0.15, 0.2) is 6.29 Å². The molecule has 0 unspecified atom stereocenters. The minimum absolute atomic E-state index is 0.0138. The van der Waals surface area contributed by atoms with Crippen molar-refractivity contribution in [3.63, 3.8) is 0 Å². The van der Waals surface area contributed by atoms with Crippen molar-refractivity contribution in [1.29, 1.82) is 0 Å². The molecule has 2 saturated heterocycles. The van der Waals surface area contributed by atoms with Gasteiger partial charge < -0.3 is 19.5 Å². The predicted octanol–water partition coefficient (Wildman–Crippen LogP) is 1.86. The molecule has 1 aromatic rings. The van der Waals surface area contributed by atoms with Gasteiger partial charge in [-0.05, 0) is 43.7 Å². The van der Waals surface area contributed by atoms with Crippen molar-refractivity contribution in [2.45, 2.75) is 31.6 Å². The average Bonchev–Trinajstić information content (AvgIpc) is 3.10. The maximum absolute atomic E-state index is 12.3. The molecule has 1 aromatic carbocycles. The van der Waals surface area contributed by atoms with Crippen LogP contribution >= 0.6 is 0 Å². The average molecular weight is 320 g/mol. The Morgan fingerprint density at radius 3 is 2.70 bits per heavy atom. The number of carbonyl (C=O) groups excluding carboxylic acids is 1. The van der Waals surface area contributed by atoms with Crippen molar-refractivity contribution >= 4 is 11.6 Å². The van der Waals surface area contributed by atoms with Crippen molar-refractivity contribution < 1.29 is 19.0 Å². The SMILES string of the molecule is COc1ccc(NC(=O)CN2CCCC[C@H]2C2OCCO2)cc1. The molecule has 1 N–H and O–H groups in total. The van der Waals surface area contributed by atoms with Gasteiger partial charge in [-0.15, -0.1) is 0 Å². The van der Waals surface area contributed by atoms with Crippen LogP contribution in [0, 0.1) is 0 Å².